The molecule has 82 valence electrons. The first-order chi connectivity index (χ1) is 7.24. The summed E-state index contributed by atoms with van der Waals surface area (Å²) in [7, 11) is 0. The van der Waals surface area contributed by atoms with Gasteiger partial charge in [0.05, 0.1) is 0 Å². The molecule has 2 unspecified atom stereocenters. The van der Waals surface area contributed by atoms with Crippen LogP contribution in [0.5, 0.6) is 0 Å². The van der Waals surface area contributed by atoms with Gasteiger partial charge in [0, 0.05) is 17.6 Å². The molecule has 15 heavy (non-hydrogen) atoms. The summed E-state index contributed by atoms with van der Waals surface area (Å²) in [6, 6.07) is 6.05. The molecule has 0 bridgehead atoms. The van der Waals surface area contributed by atoms with Crippen LogP contribution in [-0.4, -0.2) is 16.9 Å². The van der Waals surface area contributed by atoms with E-state index in [0.29, 0.717) is 5.38 Å². The highest BCUT2D eigenvalue weighted by molar-refractivity contribution is 6.20. The van der Waals surface area contributed by atoms with Crippen molar-refractivity contribution in [1.29, 1.82) is 0 Å². The minimum Gasteiger partial charge on any atom is -0.370 e. The first-order valence-corrected chi connectivity index (χ1v) is 5.99. The molecular formula is C12H17ClN2. The van der Waals surface area contributed by atoms with Gasteiger partial charge in [0.25, 0.3) is 0 Å². The first-order valence-electron chi connectivity index (χ1n) is 5.55. The predicted octanol–water partition coefficient (Wildman–Crippen LogP) is 3.21. The fourth-order valence-electron chi connectivity index (χ4n) is 2.09. The van der Waals surface area contributed by atoms with Gasteiger partial charge in [-0.05, 0) is 44.2 Å². The lowest BCUT2D eigenvalue weighted by Gasteiger charge is -2.11. The number of hydrogen-bond donors (Lipinski definition) is 1. The van der Waals surface area contributed by atoms with E-state index in [1.807, 2.05) is 25.1 Å². The number of pyridine rings is 1. The molecule has 2 rings (SSSR count). The van der Waals surface area contributed by atoms with Gasteiger partial charge in [-0.1, -0.05) is 6.07 Å². The lowest BCUT2D eigenvalue weighted by Crippen LogP contribution is -2.12. The molecule has 0 amide bonds. The maximum Gasteiger partial charge on any atom is 0.126 e. The van der Waals surface area contributed by atoms with Crippen molar-refractivity contribution in [3.05, 3.63) is 23.9 Å². The van der Waals surface area contributed by atoms with Crippen molar-refractivity contribution in [3.63, 3.8) is 0 Å². The number of anilines is 1. The van der Waals surface area contributed by atoms with E-state index >= 15 is 0 Å². The minimum atomic E-state index is 0.391. The molecule has 0 aromatic carbocycles. The molecule has 0 radical (unpaired) electrons. The van der Waals surface area contributed by atoms with Gasteiger partial charge < -0.3 is 5.32 Å². The van der Waals surface area contributed by atoms with Crippen LogP contribution in [0.1, 0.15) is 25.0 Å². The van der Waals surface area contributed by atoms with Crippen molar-refractivity contribution >= 4 is 17.4 Å². The van der Waals surface area contributed by atoms with Crippen molar-refractivity contribution in [2.45, 2.75) is 31.6 Å². The third kappa shape index (κ3) is 3.10. The third-order valence-corrected chi connectivity index (χ3v) is 3.33. The van der Waals surface area contributed by atoms with Crippen LogP contribution in [0.25, 0.3) is 0 Å². The van der Waals surface area contributed by atoms with E-state index < -0.39 is 0 Å². The van der Waals surface area contributed by atoms with E-state index in [9.17, 15) is 0 Å². The van der Waals surface area contributed by atoms with Gasteiger partial charge in [-0.25, -0.2) is 4.98 Å². The molecule has 1 aromatic rings. The quantitative estimate of drug-likeness (QED) is 0.798. The summed E-state index contributed by atoms with van der Waals surface area (Å²) in [5.74, 6) is 1.70. The zero-order valence-corrected chi connectivity index (χ0v) is 9.80. The molecule has 2 nitrogen and oxygen atoms in total. The molecule has 3 heteroatoms. The van der Waals surface area contributed by atoms with E-state index in [2.05, 4.69) is 10.3 Å². The van der Waals surface area contributed by atoms with Crippen LogP contribution in [0.3, 0.4) is 0 Å². The first kappa shape index (κ1) is 10.7. The number of rotatable bonds is 3. The number of nitrogens with one attached hydrogen (secondary N) is 1. The second-order valence-electron chi connectivity index (χ2n) is 4.32. The summed E-state index contributed by atoms with van der Waals surface area (Å²) >= 11 is 6.07. The van der Waals surface area contributed by atoms with Crippen LogP contribution in [0.4, 0.5) is 5.82 Å². The van der Waals surface area contributed by atoms with E-state index in [-0.39, 0.29) is 0 Å². The Balaban J connectivity index is 1.83. The maximum atomic E-state index is 6.07. The van der Waals surface area contributed by atoms with E-state index in [0.717, 1.165) is 36.8 Å². The third-order valence-electron chi connectivity index (χ3n) is 2.94. The van der Waals surface area contributed by atoms with Crippen LogP contribution in [0, 0.1) is 12.8 Å². The summed E-state index contributed by atoms with van der Waals surface area (Å²) in [6.07, 6.45) is 3.54. The molecule has 1 saturated carbocycles. The normalized spacial score (nSPS) is 25.5. The van der Waals surface area contributed by atoms with Crippen molar-refractivity contribution in [2.24, 2.45) is 5.92 Å². The largest absolute Gasteiger partial charge is 0.370 e. The van der Waals surface area contributed by atoms with Gasteiger partial charge in [0.1, 0.15) is 5.82 Å². The van der Waals surface area contributed by atoms with Gasteiger partial charge >= 0.3 is 0 Å². The number of alkyl halides is 1. The summed E-state index contributed by atoms with van der Waals surface area (Å²) in [6.45, 7) is 3.01. The van der Waals surface area contributed by atoms with Gasteiger partial charge in [-0.2, -0.15) is 0 Å². The number of aromatic nitrogens is 1. The van der Waals surface area contributed by atoms with E-state index in [1.165, 1.54) is 6.42 Å². The van der Waals surface area contributed by atoms with Crippen LogP contribution in [0.2, 0.25) is 0 Å². The monoisotopic (exact) mass is 224 g/mol. The molecule has 1 fully saturated rings. The van der Waals surface area contributed by atoms with Gasteiger partial charge in [-0.3, -0.25) is 0 Å². The fraction of sp³-hybridized carbons (Fsp3) is 0.583. The highest BCUT2D eigenvalue weighted by Gasteiger charge is 2.22. The van der Waals surface area contributed by atoms with Crippen LogP contribution in [0.15, 0.2) is 18.2 Å². The van der Waals surface area contributed by atoms with Crippen LogP contribution >= 0.6 is 11.6 Å². The molecule has 1 aliphatic rings. The molecule has 1 aliphatic carbocycles. The van der Waals surface area contributed by atoms with Crippen LogP contribution < -0.4 is 5.32 Å². The zero-order valence-electron chi connectivity index (χ0n) is 9.04. The molecule has 1 N–H and O–H groups in total. The Morgan fingerprint density at radius 1 is 1.47 bits per heavy atom. The minimum absolute atomic E-state index is 0.391. The molecule has 0 saturated heterocycles. The topological polar surface area (TPSA) is 24.9 Å². The summed E-state index contributed by atoms with van der Waals surface area (Å²) in [5.41, 5.74) is 1.06. The van der Waals surface area contributed by atoms with Gasteiger partial charge in [0.2, 0.25) is 0 Å². The lowest BCUT2D eigenvalue weighted by molar-refractivity contribution is 0.579. The van der Waals surface area contributed by atoms with Gasteiger partial charge in [-0.15, -0.1) is 11.6 Å². The number of hydrogen-bond acceptors (Lipinski definition) is 2. The Bertz CT molecular complexity index is 327. The van der Waals surface area contributed by atoms with Crippen molar-refractivity contribution in [3.8, 4) is 0 Å². The molecular weight excluding hydrogens is 208 g/mol. The van der Waals surface area contributed by atoms with E-state index in [4.69, 9.17) is 11.6 Å². The summed E-state index contributed by atoms with van der Waals surface area (Å²) < 4.78 is 0. The Kier molecular flexibility index (Phi) is 3.47. The highest BCUT2D eigenvalue weighted by atomic mass is 35.5. The lowest BCUT2D eigenvalue weighted by atomic mass is 10.1. The smallest absolute Gasteiger partial charge is 0.126 e. The molecule has 1 heterocycles. The molecule has 0 aliphatic heterocycles. The maximum absolute atomic E-state index is 6.07. The summed E-state index contributed by atoms with van der Waals surface area (Å²) in [4.78, 5) is 4.41. The average Bonchev–Trinajstić information content (AvgIpc) is 2.62. The van der Waals surface area contributed by atoms with Gasteiger partial charge in [0.15, 0.2) is 0 Å². The second kappa shape index (κ2) is 4.84. The Morgan fingerprint density at radius 3 is 3.00 bits per heavy atom. The average molecular weight is 225 g/mol. The Labute approximate surface area is 96.1 Å². The van der Waals surface area contributed by atoms with Crippen LogP contribution in [-0.2, 0) is 0 Å². The van der Waals surface area contributed by atoms with Crippen molar-refractivity contribution in [1.82, 2.24) is 4.98 Å². The standard InChI is InChI=1S/C12H17ClN2/c1-9-3-2-4-12(15-9)14-8-10-5-6-11(13)7-10/h2-4,10-11H,5-8H2,1H3,(H,14,15). The van der Waals surface area contributed by atoms with E-state index in [1.54, 1.807) is 0 Å². The van der Waals surface area contributed by atoms with Crippen molar-refractivity contribution < 1.29 is 0 Å². The molecule has 2 atom stereocenters. The number of aryl methyl sites for hydroxylation is 1. The highest BCUT2D eigenvalue weighted by Crippen LogP contribution is 2.29. The zero-order chi connectivity index (χ0) is 10.7. The molecule has 1 aromatic heterocycles. The van der Waals surface area contributed by atoms with Crippen molar-refractivity contribution in [2.75, 3.05) is 11.9 Å². The SMILES string of the molecule is Cc1cccc(NCC2CCC(Cl)C2)n1. The number of nitrogens with zero attached hydrogens (tertiary/aromatic N) is 1. The Morgan fingerprint density at radius 2 is 2.33 bits per heavy atom. The fourth-order valence-corrected chi connectivity index (χ4v) is 2.47. The summed E-state index contributed by atoms with van der Waals surface area (Å²) in [5, 5.41) is 3.77. The number of halogens is 1. The Hall–Kier alpha value is -0.760. The predicted molar refractivity (Wildman–Crippen MR) is 64.4 cm³/mol. The molecule has 0 spiro atoms. The second-order valence-corrected chi connectivity index (χ2v) is 4.94.